The summed E-state index contributed by atoms with van der Waals surface area (Å²) in [6.45, 7) is 9.70. The van der Waals surface area contributed by atoms with Gasteiger partial charge in [-0.05, 0) is 30.4 Å². The minimum absolute atomic E-state index is 0.997. The van der Waals surface area contributed by atoms with E-state index in [2.05, 4.69) is 37.2 Å². The number of nitrogens with zero attached hydrogens (tertiary/aromatic N) is 1. The molecule has 0 aromatic carbocycles. The van der Waals surface area contributed by atoms with Crippen LogP contribution in [0.15, 0.2) is 53.2 Å². The lowest BCUT2D eigenvalue weighted by Crippen LogP contribution is -1.96. The molecule has 0 amide bonds. The van der Waals surface area contributed by atoms with Crippen LogP contribution in [0.2, 0.25) is 0 Å². The van der Waals surface area contributed by atoms with E-state index in [0.717, 1.165) is 24.8 Å². The van der Waals surface area contributed by atoms with Crippen molar-refractivity contribution in [2.75, 3.05) is 0 Å². The van der Waals surface area contributed by atoms with Gasteiger partial charge in [0.1, 0.15) is 0 Å². The van der Waals surface area contributed by atoms with Crippen LogP contribution in [-0.4, -0.2) is 6.21 Å². The summed E-state index contributed by atoms with van der Waals surface area (Å²) in [6.07, 6.45) is 11.0. The molecule has 0 unspecified atom stereocenters. The topological polar surface area (TPSA) is 12.4 Å². The van der Waals surface area contributed by atoms with E-state index in [1.165, 1.54) is 17.3 Å². The Morgan fingerprint density at radius 1 is 1.50 bits per heavy atom. The van der Waals surface area contributed by atoms with E-state index >= 15 is 0 Å². The normalized spacial score (nSPS) is 16.4. The Morgan fingerprint density at radius 3 is 2.79 bits per heavy atom. The number of hydrogen-bond acceptors (Lipinski definition) is 1. The second kappa shape index (κ2) is 5.38. The Labute approximate surface area is 86.2 Å². The van der Waals surface area contributed by atoms with Gasteiger partial charge in [-0.2, -0.15) is 0 Å². The van der Waals surface area contributed by atoms with Gasteiger partial charge in [-0.15, -0.1) is 0 Å². The highest BCUT2D eigenvalue weighted by Gasteiger charge is 2.06. The van der Waals surface area contributed by atoms with Crippen LogP contribution in [0.25, 0.3) is 0 Å². The van der Waals surface area contributed by atoms with Crippen molar-refractivity contribution in [3.8, 4) is 0 Å². The predicted octanol–water partition coefficient (Wildman–Crippen LogP) is 3.81. The van der Waals surface area contributed by atoms with Gasteiger partial charge >= 0.3 is 0 Å². The van der Waals surface area contributed by atoms with Gasteiger partial charge in [0.05, 0.1) is 0 Å². The van der Waals surface area contributed by atoms with Crippen LogP contribution in [0.4, 0.5) is 0 Å². The van der Waals surface area contributed by atoms with Crippen LogP contribution >= 0.6 is 0 Å². The summed E-state index contributed by atoms with van der Waals surface area (Å²) >= 11 is 0. The Balaban J connectivity index is 2.67. The van der Waals surface area contributed by atoms with E-state index in [0.29, 0.717) is 0 Å². The molecule has 0 aromatic heterocycles. The third-order valence-electron chi connectivity index (χ3n) is 2.44. The van der Waals surface area contributed by atoms with Gasteiger partial charge in [0, 0.05) is 12.4 Å². The van der Waals surface area contributed by atoms with Gasteiger partial charge in [0.25, 0.3) is 0 Å². The monoisotopic (exact) mass is 187 g/mol. The van der Waals surface area contributed by atoms with E-state index in [1.807, 2.05) is 0 Å². The zero-order valence-corrected chi connectivity index (χ0v) is 8.79. The van der Waals surface area contributed by atoms with Gasteiger partial charge in [-0.1, -0.05) is 37.8 Å². The fraction of sp³-hybridized carbons (Fsp3) is 0.308. The molecule has 74 valence electrons. The standard InChI is InChI=1S/C13H17N/c1-4-12-6-8-13(9-7-12)11(3)10-14-5-2/h5-6,8,10H,2-4,7,9H2,1H3. The maximum Gasteiger partial charge on any atom is 0.0336 e. The maximum atomic E-state index is 3.97. The van der Waals surface area contributed by atoms with Crippen molar-refractivity contribution < 1.29 is 0 Å². The predicted molar refractivity (Wildman–Crippen MR) is 63.5 cm³/mol. The molecule has 0 radical (unpaired) electrons. The van der Waals surface area contributed by atoms with E-state index in [4.69, 9.17) is 0 Å². The average molecular weight is 187 g/mol. The summed E-state index contributed by atoms with van der Waals surface area (Å²) in [5, 5.41) is 0. The van der Waals surface area contributed by atoms with Gasteiger partial charge in [-0.25, -0.2) is 0 Å². The number of aliphatic imine (C=N–C) groups is 1. The van der Waals surface area contributed by atoms with Crippen LogP contribution in [0.5, 0.6) is 0 Å². The summed E-state index contributed by atoms with van der Waals surface area (Å²) in [6, 6.07) is 0. The van der Waals surface area contributed by atoms with Crippen molar-refractivity contribution in [2.24, 2.45) is 4.99 Å². The van der Waals surface area contributed by atoms with Crippen molar-refractivity contribution in [3.05, 3.63) is 48.2 Å². The number of rotatable bonds is 4. The summed E-state index contributed by atoms with van der Waals surface area (Å²) < 4.78 is 0. The molecule has 0 bridgehead atoms. The Hall–Kier alpha value is -1.37. The molecule has 0 atom stereocenters. The Bertz CT molecular complexity index is 316. The molecule has 1 heteroatoms. The molecule has 0 heterocycles. The van der Waals surface area contributed by atoms with E-state index < -0.39 is 0 Å². The highest BCUT2D eigenvalue weighted by molar-refractivity contribution is 5.84. The van der Waals surface area contributed by atoms with Crippen molar-refractivity contribution in [2.45, 2.75) is 26.2 Å². The second-order valence-corrected chi connectivity index (χ2v) is 3.36. The molecule has 1 aliphatic rings. The average Bonchev–Trinajstić information content (AvgIpc) is 2.26. The third kappa shape index (κ3) is 2.84. The largest absolute Gasteiger partial charge is 0.265 e. The smallest absolute Gasteiger partial charge is 0.0336 e. The van der Waals surface area contributed by atoms with E-state index in [9.17, 15) is 0 Å². The van der Waals surface area contributed by atoms with Crippen molar-refractivity contribution in [1.29, 1.82) is 0 Å². The molecule has 0 aromatic rings. The Kier molecular flexibility index (Phi) is 4.11. The summed E-state index contributed by atoms with van der Waals surface area (Å²) in [5.74, 6) is 0. The molecular formula is C13H17N. The first-order valence-electron chi connectivity index (χ1n) is 5.00. The van der Waals surface area contributed by atoms with Crippen molar-refractivity contribution in [3.63, 3.8) is 0 Å². The fourth-order valence-electron chi connectivity index (χ4n) is 1.47. The van der Waals surface area contributed by atoms with Gasteiger partial charge in [0.15, 0.2) is 0 Å². The molecule has 0 aliphatic heterocycles. The number of allylic oxidation sites excluding steroid dienone is 5. The molecule has 0 spiro atoms. The molecule has 14 heavy (non-hydrogen) atoms. The molecule has 1 nitrogen and oxygen atoms in total. The fourth-order valence-corrected chi connectivity index (χ4v) is 1.47. The first-order valence-corrected chi connectivity index (χ1v) is 5.00. The van der Waals surface area contributed by atoms with Crippen LogP contribution in [0.3, 0.4) is 0 Å². The lowest BCUT2D eigenvalue weighted by Gasteiger charge is -2.13. The molecule has 0 fully saturated rings. The van der Waals surface area contributed by atoms with Crippen LogP contribution in [0.1, 0.15) is 26.2 Å². The van der Waals surface area contributed by atoms with Crippen LogP contribution < -0.4 is 0 Å². The molecule has 0 saturated heterocycles. The quantitative estimate of drug-likeness (QED) is 0.593. The van der Waals surface area contributed by atoms with Crippen LogP contribution in [0, 0.1) is 0 Å². The third-order valence-corrected chi connectivity index (χ3v) is 2.44. The van der Waals surface area contributed by atoms with Gasteiger partial charge in [-0.3, -0.25) is 4.99 Å². The first-order chi connectivity index (χ1) is 6.77. The van der Waals surface area contributed by atoms with Crippen molar-refractivity contribution >= 4 is 6.21 Å². The second-order valence-electron chi connectivity index (χ2n) is 3.36. The molecule has 0 saturated carbocycles. The summed E-state index contributed by atoms with van der Waals surface area (Å²) in [5.41, 5.74) is 3.80. The molecule has 0 N–H and O–H groups in total. The highest BCUT2D eigenvalue weighted by atomic mass is 14.7. The minimum atomic E-state index is 0.997. The highest BCUT2D eigenvalue weighted by Crippen LogP contribution is 2.23. The zero-order valence-electron chi connectivity index (χ0n) is 8.79. The van der Waals surface area contributed by atoms with E-state index in [-0.39, 0.29) is 0 Å². The first kappa shape index (κ1) is 10.7. The Morgan fingerprint density at radius 2 is 2.29 bits per heavy atom. The number of hydrogen-bond donors (Lipinski definition) is 0. The lowest BCUT2D eigenvalue weighted by atomic mass is 9.93. The minimum Gasteiger partial charge on any atom is -0.265 e. The van der Waals surface area contributed by atoms with Gasteiger partial charge in [0.2, 0.25) is 0 Å². The van der Waals surface area contributed by atoms with Gasteiger partial charge < -0.3 is 0 Å². The maximum absolute atomic E-state index is 3.97. The lowest BCUT2D eigenvalue weighted by molar-refractivity contribution is 0.869. The summed E-state index contributed by atoms with van der Waals surface area (Å²) in [4.78, 5) is 3.96. The molecular weight excluding hydrogens is 170 g/mol. The summed E-state index contributed by atoms with van der Waals surface area (Å²) in [7, 11) is 0. The zero-order chi connectivity index (χ0) is 10.4. The van der Waals surface area contributed by atoms with Crippen LogP contribution in [-0.2, 0) is 0 Å². The van der Waals surface area contributed by atoms with Crippen molar-refractivity contribution in [1.82, 2.24) is 0 Å². The SMILES string of the molecule is C=CN=CC(=C)C1=CC=C(CC)CC1. The molecule has 1 rings (SSSR count). The molecule has 1 aliphatic carbocycles. The van der Waals surface area contributed by atoms with E-state index in [1.54, 1.807) is 6.21 Å².